The summed E-state index contributed by atoms with van der Waals surface area (Å²) in [6.07, 6.45) is 0. The second-order valence-electron chi connectivity index (χ2n) is 4.14. The molecule has 0 atom stereocenters. The fourth-order valence-corrected chi connectivity index (χ4v) is 2.34. The molecule has 7 heteroatoms. The molecule has 0 aliphatic carbocycles. The number of rotatable bonds is 6. The van der Waals surface area contributed by atoms with Crippen molar-refractivity contribution in [3.05, 3.63) is 24.3 Å². The van der Waals surface area contributed by atoms with Gasteiger partial charge in [-0.2, -0.15) is 0 Å². The number of amides is 1. The summed E-state index contributed by atoms with van der Waals surface area (Å²) >= 11 is 0. The topological polar surface area (TPSA) is 78.5 Å². The van der Waals surface area contributed by atoms with Gasteiger partial charge in [0.25, 0.3) is 0 Å². The molecular weight excluding hydrogens is 266 g/mol. The minimum Gasteiger partial charge on any atom is -0.325 e. The molecule has 1 aromatic carbocycles. The van der Waals surface area contributed by atoms with Crippen LogP contribution in [0.1, 0.15) is 6.92 Å². The van der Waals surface area contributed by atoms with Crippen molar-refractivity contribution < 1.29 is 13.2 Å². The van der Waals surface area contributed by atoms with Crippen molar-refractivity contribution in [2.24, 2.45) is 0 Å². The van der Waals surface area contributed by atoms with Gasteiger partial charge in [0.1, 0.15) is 0 Å². The van der Waals surface area contributed by atoms with Crippen LogP contribution in [0.5, 0.6) is 0 Å². The van der Waals surface area contributed by atoms with E-state index < -0.39 is 10.0 Å². The molecule has 0 saturated carbocycles. The van der Waals surface area contributed by atoms with E-state index in [2.05, 4.69) is 10.6 Å². The highest BCUT2D eigenvalue weighted by Gasteiger charge is 2.17. The molecule has 0 unspecified atom stereocenters. The highest BCUT2D eigenvalue weighted by atomic mass is 32.2. The highest BCUT2D eigenvalue weighted by molar-refractivity contribution is 7.89. The predicted molar refractivity (Wildman–Crippen MR) is 74.5 cm³/mol. The maximum Gasteiger partial charge on any atom is 0.242 e. The van der Waals surface area contributed by atoms with Gasteiger partial charge < -0.3 is 10.6 Å². The van der Waals surface area contributed by atoms with Crippen LogP contribution in [-0.4, -0.2) is 45.8 Å². The number of carbonyl (C=O) groups excluding carboxylic acids is 1. The summed E-state index contributed by atoms with van der Waals surface area (Å²) in [5.41, 5.74) is 0.464. The zero-order valence-electron chi connectivity index (χ0n) is 11.3. The largest absolute Gasteiger partial charge is 0.325 e. The lowest BCUT2D eigenvalue weighted by atomic mass is 10.3. The SMILES string of the molecule is CCNCC(=O)Nc1cccc(S(=O)(=O)N(C)C)c1. The molecule has 0 radical (unpaired) electrons. The number of likely N-dealkylation sites (N-methyl/N-ethyl adjacent to an activating group) is 1. The third-order valence-corrected chi connectivity index (χ3v) is 4.24. The zero-order valence-corrected chi connectivity index (χ0v) is 12.1. The summed E-state index contributed by atoms with van der Waals surface area (Å²) in [5.74, 6) is -0.207. The molecule has 19 heavy (non-hydrogen) atoms. The maximum atomic E-state index is 11.9. The zero-order chi connectivity index (χ0) is 14.5. The molecule has 2 N–H and O–H groups in total. The van der Waals surface area contributed by atoms with E-state index in [1.165, 1.54) is 26.2 Å². The molecule has 0 aliphatic rings. The fourth-order valence-electron chi connectivity index (χ4n) is 1.39. The normalized spacial score (nSPS) is 11.6. The minimum absolute atomic E-state index is 0.152. The molecule has 0 aromatic heterocycles. The molecule has 1 rings (SSSR count). The van der Waals surface area contributed by atoms with Crippen molar-refractivity contribution in [2.45, 2.75) is 11.8 Å². The lowest BCUT2D eigenvalue weighted by molar-refractivity contribution is -0.115. The number of sulfonamides is 1. The van der Waals surface area contributed by atoms with Crippen LogP contribution < -0.4 is 10.6 Å². The molecule has 0 aliphatic heterocycles. The van der Waals surface area contributed by atoms with Gasteiger partial charge in [-0.1, -0.05) is 13.0 Å². The summed E-state index contributed by atoms with van der Waals surface area (Å²) in [4.78, 5) is 11.7. The second kappa shape index (κ2) is 6.65. The quantitative estimate of drug-likeness (QED) is 0.797. The van der Waals surface area contributed by atoms with E-state index in [1.807, 2.05) is 6.92 Å². The Balaban J connectivity index is 2.87. The Bertz CT molecular complexity index is 541. The average Bonchev–Trinajstić information content (AvgIpc) is 2.36. The second-order valence-corrected chi connectivity index (χ2v) is 6.30. The van der Waals surface area contributed by atoms with Crippen LogP contribution in [0.3, 0.4) is 0 Å². The minimum atomic E-state index is -3.49. The first-order chi connectivity index (χ1) is 8.87. The van der Waals surface area contributed by atoms with Gasteiger partial charge in [-0.3, -0.25) is 4.79 Å². The van der Waals surface area contributed by atoms with E-state index in [0.29, 0.717) is 12.2 Å². The number of anilines is 1. The Kier molecular flexibility index (Phi) is 5.46. The van der Waals surface area contributed by atoms with Gasteiger partial charge in [0.15, 0.2) is 0 Å². The van der Waals surface area contributed by atoms with Crippen molar-refractivity contribution in [3.8, 4) is 0 Å². The van der Waals surface area contributed by atoms with Crippen molar-refractivity contribution >= 4 is 21.6 Å². The summed E-state index contributed by atoms with van der Waals surface area (Å²) in [5, 5.41) is 5.54. The van der Waals surface area contributed by atoms with E-state index in [1.54, 1.807) is 12.1 Å². The Labute approximate surface area is 113 Å². The van der Waals surface area contributed by atoms with Gasteiger partial charge >= 0.3 is 0 Å². The summed E-state index contributed by atoms with van der Waals surface area (Å²) in [6, 6.07) is 6.19. The molecule has 1 amide bonds. The molecule has 106 valence electrons. The first-order valence-electron chi connectivity index (χ1n) is 5.91. The van der Waals surface area contributed by atoms with Gasteiger partial charge in [-0.25, -0.2) is 12.7 Å². The third kappa shape index (κ3) is 4.30. The van der Waals surface area contributed by atoms with Gasteiger partial charge in [0.2, 0.25) is 15.9 Å². The first-order valence-corrected chi connectivity index (χ1v) is 7.35. The highest BCUT2D eigenvalue weighted by Crippen LogP contribution is 2.17. The van der Waals surface area contributed by atoms with Gasteiger partial charge in [-0.15, -0.1) is 0 Å². The number of nitrogens with one attached hydrogen (secondary N) is 2. The summed E-state index contributed by atoms with van der Waals surface area (Å²) < 4.78 is 25.0. The summed E-state index contributed by atoms with van der Waals surface area (Å²) in [6.45, 7) is 2.79. The van der Waals surface area contributed by atoms with Crippen LogP contribution in [0.4, 0.5) is 5.69 Å². The number of carbonyl (C=O) groups is 1. The van der Waals surface area contributed by atoms with Crippen LogP contribution in [0.2, 0.25) is 0 Å². The van der Waals surface area contributed by atoms with Crippen LogP contribution >= 0.6 is 0 Å². The van der Waals surface area contributed by atoms with E-state index in [0.717, 1.165) is 4.31 Å². The molecule has 0 spiro atoms. The number of nitrogens with zero attached hydrogens (tertiary/aromatic N) is 1. The van der Waals surface area contributed by atoms with Crippen LogP contribution in [0.25, 0.3) is 0 Å². The Morgan fingerprint density at radius 1 is 1.32 bits per heavy atom. The summed E-state index contributed by atoms with van der Waals surface area (Å²) in [7, 11) is -0.558. The smallest absolute Gasteiger partial charge is 0.242 e. The van der Waals surface area contributed by atoms with Crippen molar-refractivity contribution in [1.29, 1.82) is 0 Å². The number of hydrogen-bond donors (Lipinski definition) is 2. The van der Waals surface area contributed by atoms with Crippen LogP contribution in [-0.2, 0) is 14.8 Å². The van der Waals surface area contributed by atoms with Gasteiger partial charge in [0.05, 0.1) is 11.4 Å². The van der Waals surface area contributed by atoms with E-state index in [4.69, 9.17) is 0 Å². The molecule has 0 fully saturated rings. The van der Waals surface area contributed by atoms with E-state index >= 15 is 0 Å². The predicted octanol–water partition coefficient (Wildman–Crippen LogP) is 0.485. The van der Waals surface area contributed by atoms with Crippen molar-refractivity contribution in [1.82, 2.24) is 9.62 Å². The molecule has 6 nitrogen and oxygen atoms in total. The lowest BCUT2D eigenvalue weighted by Gasteiger charge is -2.12. The Morgan fingerprint density at radius 3 is 2.58 bits per heavy atom. The van der Waals surface area contributed by atoms with Crippen LogP contribution in [0.15, 0.2) is 29.2 Å². The Hall–Kier alpha value is -1.44. The van der Waals surface area contributed by atoms with E-state index in [-0.39, 0.29) is 17.3 Å². The number of benzene rings is 1. The van der Waals surface area contributed by atoms with Crippen molar-refractivity contribution in [2.75, 3.05) is 32.5 Å². The van der Waals surface area contributed by atoms with Crippen LogP contribution in [0, 0.1) is 0 Å². The van der Waals surface area contributed by atoms with Gasteiger partial charge in [-0.05, 0) is 24.7 Å². The van der Waals surface area contributed by atoms with Gasteiger partial charge in [0, 0.05) is 19.8 Å². The fraction of sp³-hybridized carbons (Fsp3) is 0.417. The first kappa shape index (κ1) is 15.6. The molecule has 0 heterocycles. The van der Waals surface area contributed by atoms with E-state index in [9.17, 15) is 13.2 Å². The Morgan fingerprint density at radius 2 is 2.00 bits per heavy atom. The standard InChI is InChI=1S/C12H19N3O3S/c1-4-13-9-12(16)14-10-6-5-7-11(8-10)19(17,18)15(2)3/h5-8,13H,4,9H2,1-3H3,(H,14,16). The van der Waals surface area contributed by atoms with Crippen molar-refractivity contribution in [3.63, 3.8) is 0 Å². The molecule has 0 saturated heterocycles. The molecular formula is C12H19N3O3S. The maximum absolute atomic E-state index is 11.9. The molecule has 0 bridgehead atoms. The monoisotopic (exact) mass is 285 g/mol. The lowest BCUT2D eigenvalue weighted by Crippen LogP contribution is -2.28. The number of hydrogen-bond acceptors (Lipinski definition) is 4. The third-order valence-electron chi connectivity index (χ3n) is 2.43. The molecule has 1 aromatic rings. The average molecular weight is 285 g/mol.